The number of nitrogens with zero attached hydrogens (tertiary/aromatic N) is 4. The second-order valence-electron chi connectivity index (χ2n) is 6.96. The number of benzene rings is 1. The van der Waals surface area contributed by atoms with Crippen molar-refractivity contribution in [1.82, 2.24) is 19.7 Å². The summed E-state index contributed by atoms with van der Waals surface area (Å²) in [5.41, 5.74) is 2.57. The van der Waals surface area contributed by atoms with Gasteiger partial charge in [0.05, 0.1) is 6.54 Å². The molecule has 5 nitrogen and oxygen atoms in total. The molecule has 1 fully saturated rings. The Hall–Kier alpha value is -2.24. The summed E-state index contributed by atoms with van der Waals surface area (Å²) in [5.74, 6) is 0.204. The summed E-state index contributed by atoms with van der Waals surface area (Å²) in [6.07, 6.45) is 4.47. The summed E-state index contributed by atoms with van der Waals surface area (Å²) in [6, 6.07) is 14.6. The minimum Gasteiger partial charge on any atom is -0.344 e. The van der Waals surface area contributed by atoms with Crippen LogP contribution in [0.5, 0.6) is 0 Å². The molecule has 2 heterocycles. The molecule has 0 spiro atoms. The van der Waals surface area contributed by atoms with E-state index in [9.17, 15) is 4.79 Å². The zero-order valence-corrected chi connectivity index (χ0v) is 15.6. The molecule has 1 amide bonds. The van der Waals surface area contributed by atoms with Gasteiger partial charge in [0, 0.05) is 58.7 Å². The number of hydrogen-bond acceptors (Lipinski definition) is 4. The Bertz CT molecular complexity index is 669. The summed E-state index contributed by atoms with van der Waals surface area (Å²) in [6.45, 7) is 6.21. The fourth-order valence-electron chi connectivity index (χ4n) is 3.23. The van der Waals surface area contributed by atoms with Crippen LogP contribution in [0, 0.1) is 0 Å². The van der Waals surface area contributed by atoms with Gasteiger partial charge in [-0.05, 0) is 29.7 Å². The van der Waals surface area contributed by atoms with Gasteiger partial charge in [0.1, 0.15) is 0 Å². The standard InChI is InChI=1S/C21H28N4O/c1-23(12-9-19-7-10-22-11-8-19)21(26)18-25-15-13-24(14-16-25)17-20-5-3-2-4-6-20/h2-8,10-11H,9,12-18H2,1H3. The first-order valence-electron chi connectivity index (χ1n) is 9.32. The maximum Gasteiger partial charge on any atom is 0.236 e. The summed E-state index contributed by atoms with van der Waals surface area (Å²) >= 11 is 0. The van der Waals surface area contributed by atoms with Gasteiger partial charge in [-0.3, -0.25) is 19.6 Å². The van der Waals surface area contributed by atoms with Gasteiger partial charge in [-0.25, -0.2) is 0 Å². The molecule has 1 aliphatic heterocycles. The number of likely N-dealkylation sites (N-methyl/N-ethyl adjacent to an activating group) is 1. The minimum atomic E-state index is 0.204. The lowest BCUT2D eigenvalue weighted by atomic mass is 10.2. The van der Waals surface area contributed by atoms with Crippen LogP contribution in [-0.2, 0) is 17.8 Å². The van der Waals surface area contributed by atoms with E-state index in [1.54, 1.807) is 12.4 Å². The highest BCUT2D eigenvalue weighted by molar-refractivity contribution is 5.78. The van der Waals surface area contributed by atoms with Crippen molar-refractivity contribution in [2.24, 2.45) is 0 Å². The number of amides is 1. The topological polar surface area (TPSA) is 39.7 Å². The van der Waals surface area contributed by atoms with Crippen LogP contribution >= 0.6 is 0 Å². The van der Waals surface area contributed by atoms with Gasteiger partial charge < -0.3 is 4.90 Å². The largest absolute Gasteiger partial charge is 0.344 e. The van der Waals surface area contributed by atoms with E-state index in [1.165, 1.54) is 11.1 Å². The number of pyridine rings is 1. The Morgan fingerprint density at radius 2 is 1.62 bits per heavy atom. The highest BCUT2D eigenvalue weighted by Gasteiger charge is 2.20. The van der Waals surface area contributed by atoms with Crippen molar-refractivity contribution >= 4 is 5.91 Å². The summed E-state index contributed by atoms with van der Waals surface area (Å²) in [4.78, 5) is 23.1. The summed E-state index contributed by atoms with van der Waals surface area (Å²) < 4.78 is 0. The molecule has 1 aromatic heterocycles. The molecule has 0 saturated carbocycles. The lowest BCUT2D eigenvalue weighted by Crippen LogP contribution is -2.49. The maximum absolute atomic E-state index is 12.5. The van der Waals surface area contributed by atoms with E-state index in [2.05, 4.69) is 45.1 Å². The van der Waals surface area contributed by atoms with Crippen LogP contribution in [0.15, 0.2) is 54.9 Å². The Kier molecular flexibility index (Phi) is 6.75. The minimum absolute atomic E-state index is 0.204. The quantitative estimate of drug-likeness (QED) is 0.763. The fourth-order valence-corrected chi connectivity index (χ4v) is 3.23. The average Bonchev–Trinajstić information content (AvgIpc) is 2.69. The van der Waals surface area contributed by atoms with Crippen molar-refractivity contribution < 1.29 is 4.79 Å². The monoisotopic (exact) mass is 352 g/mol. The SMILES string of the molecule is CN(CCc1ccncc1)C(=O)CN1CCN(Cc2ccccc2)CC1. The summed E-state index contributed by atoms with van der Waals surface area (Å²) in [7, 11) is 1.90. The Morgan fingerprint density at radius 1 is 0.962 bits per heavy atom. The van der Waals surface area contributed by atoms with Crippen LogP contribution in [0.2, 0.25) is 0 Å². The van der Waals surface area contributed by atoms with E-state index in [1.807, 2.05) is 24.1 Å². The van der Waals surface area contributed by atoms with Gasteiger partial charge in [0.25, 0.3) is 0 Å². The molecule has 0 aliphatic carbocycles. The lowest BCUT2D eigenvalue weighted by Gasteiger charge is -2.35. The van der Waals surface area contributed by atoms with Crippen molar-refractivity contribution in [2.45, 2.75) is 13.0 Å². The number of carbonyl (C=O) groups excluding carboxylic acids is 1. The van der Waals surface area contributed by atoms with Crippen LogP contribution in [0.3, 0.4) is 0 Å². The van der Waals surface area contributed by atoms with E-state index in [-0.39, 0.29) is 5.91 Å². The first-order valence-corrected chi connectivity index (χ1v) is 9.32. The molecule has 0 atom stereocenters. The predicted molar refractivity (Wildman–Crippen MR) is 104 cm³/mol. The van der Waals surface area contributed by atoms with Crippen LogP contribution in [-0.4, -0.2) is 71.9 Å². The molecular formula is C21H28N4O. The Balaban J connectivity index is 1.37. The highest BCUT2D eigenvalue weighted by Crippen LogP contribution is 2.08. The van der Waals surface area contributed by atoms with E-state index in [4.69, 9.17) is 0 Å². The average molecular weight is 352 g/mol. The first kappa shape index (κ1) is 18.5. The zero-order chi connectivity index (χ0) is 18.2. The van der Waals surface area contributed by atoms with Crippen molar-refractivity contribution in [3.8, 4) is 0 Å². The predicted octanol–water partition coefficient (Wildman–Crippen LogP) is 1.90. The number of aromatic nitrogens is 1. The number of rotatable bonds is 7. The highest BCUT2D eigenvalue weighted by atomic mass is 16.2. The van der Waals surface area contributed by atoms with Crippen molar-refractivity contribution in [3.05, 3.63) is 66.0 Å². The number of hydrogen-bond donors (Lipinski definition) is 0. The van der Waals surface area contributed by atoms with E-state index in [0.717, 1.165) is 45.7 Å². The van der Waals surface area contributed by atoms with Crippen molar-refractivity contribution in [3.63, 3.8) is 0 Å². The number of piperazine rings is 1. The number of carbonyl (C=O) groups is 1. The van der Waals surface area contributed by atoms with Gasteiger partial charge >= 0.3 is 0 Å². The van der Waals surface area contributed by atoms with E-state index < -0.39 is 0 Å². The smallest absolute Gasteiger partial charge is 0.236 e. The van der Waals surface area contributed by atoms with Crippen molar-refractivity contribution in [2.75, 3.05) is 46.3 Å². The second-order valence-corrected chi connectivity index (χ2v) is 6.96. The van der Waals surface area contributed by atoms with Gasteiger partial charge in [-0.15, -0.1) is 0 Å². The first-order chi connectivity index (χ1) is 12.7. The zero-order valence-electron chi connectivity index (χ0n) is 15.6. The van der Waals surface area contributed by atoms with Crippen LogP contribution in [0.25, 0.3) is 0 Å². The third-order valence-corrected chi connectivity index (χ3v) is 4.98. The van der Waals surface area contributed by atoms with E-state index >= 15 is 0 Å². The third-order valence-electron chi connectivity index (χ3n) is 4.98. The molecule has 138 valence electrons. The molecule has 1 aromatic carbocycles. The molecule has 1 saturated heterocycles. The molecule has 5 heteroatoms. The third kappa shape index (κ3) is 5.64. The van der Waals surface area contributed by atoms with Gasteiger partial charge in [0.2, 0.25) is 5.91 Å². The van der Waals surface area contributed by atoms with Gasteiger partial charge in [0.15, 0.2) is 0 Å². The summed E-state index contributed by atoms with van der Waals surface area (Å²) in [5, 5.41) is 0. The lowest BCUT2D eigenvalue weighted by molar-refractivity contribution is -0.131. The molecule has 0 N–H and O–H groups in total. The Labute approximate surface area is 156 Å². The normalized spacial score (nSPS) is 15.7. The fraction of sp³-hybridized carbons (Fsp3) is 0.429. The molecule has 1 aliphatic rings. The van der Waals surface area contributed by atoms with Crippen LogP contribution < -0.4 is 0 Å². The molecule has 0 bridgehead atoms. The molecular weight excluding hydrogens is 324 g/mol. The van der Waals surface area contributed by atoms with Crippen LogP contribution in [0.4, 0.5) is 0 Å². The molecule has 3 rings (SSSR count). The molecule has 26 heavy (non-hydrogen) atoms. The van der Waals surface area contributed by atoms with Crippen LogP contribution in [0.1, 0.15) is 11.1 Å². The molecule has 2 aromatic rings. The van der Waals surface area contributed by atoms with Gasteiger partial charge in [-0.1, -0.05) is 30.3 Å². The van der Waals surface area contributed by atoms with E-state index in [0.29, 0.717) is 6.54 Å². The van der Waals surface area contributed by atoms with Gasteiger partial charge in [-0.2, -0.15) is 0 Å². The molecule has 0 radical (unpaired) electrons. The second kappa shape index (κ2) is 9.46. The van der Waals surface area contributed by atoms with Crippen molar-refractivity contribution in [1.29, 1.82) is 0 Å². The molecule has 0 unspecified atom stereocenters. The maximum atomic E-state index is 12.5. The Morgan fingerprint density at radius 3 is 2.31 bits per heavy atom.